The Hall–Kier alpha value is -1.67. The van der Waals surface area contributed by atoms with Gasteiger partial charge in [0.15, 0.2) is 0 Å². The number of rotatable bonds is 4. The number of piperidine rings is 1. The van der Waals surface area contributed by atoms with Gasteiger partial charge in [-0.15, -0.1) is 0 Å². The van der Waals surface area contributed by atoms with Crippen LogP contribution in [-0.4, -0.2) is 54.7 Å². The molecule has 2 aliphatic heterocycles. The lowest BCUT2D eigenvalue weighted by Gasteiger charge is -2.35. The van der Waals surface area contributed by atoms with E-state index in [-0.39, 0.29) is 11.5 Å². The number of ether oxygens (including phenoxy) is 1. The Balaban J connectivity index is 1.43. The third-order valence-corrected chi connectivity index (χ3v) is 4.94. The maximum Gasteiger partial charge on any atom is 0.433 e. The SMILES string of the molecule is O=C(NCC1CCN([C@@H]2CCOC2)CC1)c1ccc(C(F)(F)F)nc1. The highest BCUT2D eigenvalue weighted by molar-refractivity contribution is 5.93. The third kappa shape index (κ3) is 4.70. The van der Waals surface area contributed by atoms with Crippen molar-refractivity contribution in [3.63, 3.8) is 0 Å². The summed E-state index contributed by atoms with van der Waals surface area (Å²) < 4.78 is 42.9. The fourth-order valence-corrected chi connectivity index (χ4v) is 3.37. The van der Waals surface area contributed by atoms with Gasteiger partial charge in [0.1, 0.15) is 5.69 Å². The van der Waals surface area contributed by atoms with E-state index in [1.807, 2.05) is 0 Å². The van der Waals surface area contributed by atoms with Crippen LogP contribution in [0.15, 0.2) is 18.3 Å². The number of hydrogen-bond donors (Lipinski definition) is 1. The zero-order valence-corrected chi connectivity index (χ0v) is 13.9. The van der Waals surface area contributed by atoms with E-state index in [4.69, 9.17) is 4.74 Å². The van der Waals surface area contributed by atoms with Crippen LogP contribution in [-0.2, 0) is 10.9 Å². The first-order chi connectivity index (χ1) is 11.9. The average molecular weight is 357 g/mol. The number of carbonyl (C=O) groups is 1. The molecule has 1 aromatic rings. The van der Waals surface area contributed by atoms with Gasteiger partial charge in [0, 0.05) is 25.4 Å². The largest absolute Gasteiger partial charge is 0.433 e. The third-order valence-electron chi connectivity index (χ3n) is 4.94. The van der Waals surface area contributed by atoms with E-state index in [2.05, 4.69) is 15.2 Å². The molecular formula is C17H22F3N3O2. The fraction of sp³-hybridized carbons (Fsp3) is 0.647. The van der Waals surface area contributed by atoms with Crippen molar-refractivity contribution in [2.75, 3.05) is 32.8 Å². The molecule has 8 heteroatoms. The summed E-state index contributed by atoms with van der Waals surface area (Å²) in [5, 5.41) is 2.81. The Bertz CT molecular complexity index is 578. The molecule has 138 valence electrons. The first kappa shape index (κ1) is 18.1. The Morgan fingerprint density at radius 3 is 2.60 bits per heavy atom. The predicted molar refractivity (Wildman–Crippen MR) is 85.1 cm³/mol. The number of nitrogens with one attached hydrogen (secondary N) is 1. The molecule has 2 fully saturated rings. The van der Waals surface area contributed by atoms with Crippen molar-refractivity contribution < 1.29 is 22.7 Å². The molecule has 25 heavy (non-hydrogen) atoms. The Kier molecular flexibility index (Phi) is 5.58. The van der Waals surface area contributed by atoms with E-state index >= 15 is 0 Å². The molecule has 0 radical (unpaired) electrons. The Labute approximate surface area is 144 Å². The summed E-state index contributed by atoms with van der Waals surface area (Å²) in [5.41, 5.74) is -0.846. The highest BCUT2D eigenvalue weighted by Gasteiger charge is 2.32. The number of carbonyl (C=O) groups excluding carboxylic acids is 1. The minimum Gasteiger partial charge on any atom is -0.380 e. The molecule has 0 aliphatic carbocycles. The van der Waals surface area contributed by atoms with Crippen LogP contribution in [0.5, 0.6) is 0 Å². The summed E-state index contributed by atoms with van der Waals surface area (Å²) in [6, 6.07) is 2.51. The summed E-state index contributed by atoms with van der Waals surface area (Å²) in [6.07, 6.45) is -0.430. The van der Waals surface area contributed by atoms with Crippen molar-refractivity contribution >= 4 is 5.91 Å². The minimum absolute atomic E-state index is 0.147. The predicted octanol–water partition coefficient (Wildman–Crippen LogP) is 2.33. The lowest BCUT2D eigenvalue weighted by atomic mass is 9.95. The monoisotopic (exact) mass is 357 g/mol. The van der Waals surface area contributed by atoms with E-state index in [0.717, 1.165) is 63.9 Å². The number of likely N-dealkylation sites (tertiary alicyclic amines) is 1. The molecule has 3 rings (SSSR count). The molecule has 5 nitrogen and oxygen atoms in total. The lowest BCUT2D eigenvalue weighted by Crippen LogP contribution is -2.44. The second-order valence-electron chi connectivity index (χ2n) is 6.64. The number of pyridine rings is 1. The quantitative estimate of drug-likeness (QED) is 0.899. The van der Waals surface area contributed by atoms with Gasteiger partial charge in [0.2, 0.25) is 0 Å². The molecule has 3 heterocycles. The smallest absolute Gasteiger partial charge is 0.380 e. The Morgan fingerprint density at radius 2 is 2.04 bits per heavy atom. The molecular weight excluding hydrogens is 335 g/mol. The standard InChI is InChI=1S/C17H22F3N3O2/c18-17(19,20)15-2-1-13(10-21-15)16(24)22-9-12-3-6-23(7-4-12)14-5-8-25-11-14/h1-2,10,12,14H,3-9,11H2,(H,22,24)/t14-/m1/s1. The van der Waals surface area contributed by atoms with E-state index in [1.165, 1.54) is 0 Å². The normalized spacial score (nSPS) is 22.9. The van der Waals surface area contributed by atoms with Crippen LogP contribution in [0.25, 0.3) is 0 Å². The first-order valence-corrected chi connectivity index (χ1v) is 8.57. The average Bonchev–Trinajstić information content (AvgIpc) is 3.14. The molecule has 2 aliphatic rings. The van der Waals surface area contributed by atoms with Crippen LogP contribution in [0.3, 0.4) is 0 Å². The van der Waals surface area contributed by atoms with Gasteiger partial charge in [-0.2, -0.15) is 13.2 Å². The van der Waals surface area contributed by atoms with Gasteiger partial charge in [0.25, 0.3) is 5.91 Å². The van der Waals surface area contributed by atoms with Gasteiger partial charge in [-0.25, -0.2) is 0 Å². The number of alkyl halides is 3. The molecule has 0 aromatic carbocycles. The first-order valence-electron chi connectivity index (χ1n) is 8.57. The van der Waals surface area contributed by atoms with Gasteiger partial charge in [-0.05, 0) is 50.4 Å². The molecule has 1 N–H and O–H groups in total. The van der Waals surface area contributed by atoms with Crippen molar-refractivity contribution in [1.29, 1.82) is 0 Å². The van der Waals surface area contributed by atoms with Gasteiger partial charge >= 0.3 is 6.18 Å². The number of halogens is 3. The summed E-state index contributed by atoms with van der Waals surface area (Å²) in [7, 11) is 0. The van der Waals surface area contributed by atoms with E-state index in [1.54, 1.807) is 0 Å². The van der Waals surface area contributed by atoms with Crippen LogP contribution >= 0.6 is 0 Å². The van der Waals surface area contributed by atoms with Crippen molar-refractivity contribution in [2.24, 2.45) is 5.92 Å². The molecule has 0 bridgehead atoms. The number of hydrogen-bond acceptors (Lipinski definition) is 4. The molecule has 2 saturated heterocycles. The molecule has 1 atom stereocenters. The highest BCUT2D eigenvalue weighted by Crippen LogP contribution is 2.27. The molecule has 0 unspecified atom stereocenters. The van der Waals surface area contributed by atoms with E-state index < -0.39 is 11.9 Å². The van der Waals surface area contributed by atoms with E-state index in [0.29, 0.717) is 18.5 Å². The zero-order chi connectivity index (χ0) is 17.9. The maximum atomic E-state index is 12.5. The van der Waals surface area contributed by atoms with Crippen LogP contribution in [0.1, 0.15) is 35.3 Å². The van der Waals surface area contributed by atoms with Gasteiger partial charge in [-0.3, -0.25) is 14.7 Å². The fourth-order valence-electron chi connectivity index (χ4n) is 3.37. The molecule has 1 aromatic heterocycles. The van der Waals surface area contributed by atoms with Crippen LogP contribution in [0, 0.1) is 5.92 Å². The van der Waals surface area contributed by atoms with Crippen molar-refractivity contribution in [3.05, 3.63) is 29.6 Å². The van der Waals surface area contributed by atoms with Crippen LogP contribution in [0.4, 0.5) is 13.2 Å². The molecule has 0 saturated carbocycles. The van der Waals surface area contributed by atoms with Gasteiger partial charge in [0.05, 0.1) is 12.2 Å². The number of nitrogens with zero attached hydrogens (tertiary/aromatic N) is 2. The Morgan fingerprint density at radius 1 is 1.28 bits per heavy atom. The minimum atomic E-state index is -4.49. The van der Waals surface area contributed by atoms with Crippen molar-refractivity contribution in [3.8, 4) is 0 Å². The number of amides is 1. The van der Waals surface area contributed by atoms with Gasteiger partial charge < -0.3 is 10.1 Å². The van der Waals surface area contributed by atoms with Crippen molar-refractivity contribution in [2.45, 2.75) is 31.5 Å². The van der Waals surface area contributed by atoms with Gasteiger partial charge in [-0.1, -0.05) is 0 Å². The topological polar surface area (TPSA) is 54.5 Å². The van der Waals surface area contributed by atoms with Crippen LogP contribution in [0.2, 0.25) is 0 Å². The highest BCUT2D eigenvalue weighted by atomic mass is 19.4. The van der Waals surface area contributed by atoms with E-state index in [9.17, 15) is 18.0 Å². The second kappa shape index (κ2) is 7.70. The second-order valence-corrected chi connectivity index (χ2v) is 6.64. The lowest BCUT2D eigenvalue weighted by molar-refractivity contribution is -0.141. The summed E-state index contributed by atoms with van der Waals surface area (Å²) >= 11 is 0. The summed E-state index contributed by atoms with van der Waals surface area (Å²) in [5.74, 6) is 0.0118. The molecule has 1 amide bonds. The van der Waals surface area contributed by atoms with Crippen molar-refractivity contribution in [1.82, 2.24) is 15.2 Å². The zero-order valence-electron chi connectivity index (χ0n) is 13.9. The summed E-state index contributed by atoms with van der Waals surface area (Å²) in [4.78, 5) is 17.8. The van der Waals surface area contributed by atoms with Crippen LogP contribution < -0.4 is 5.32 Å². The summed E-state index contributed by atoms with van der Waals surface area (Å²) in [6.45, 7) is 4.17. The maximum absolute atomic E-state index is 12.5. The number of aromatic nitrogens is 1. The molecule has 0 spiro atoms.